The van der Waals surface area contributed by atoms with Crippen molar-refractivity contribution < 1.29 is 19.1 Å². The Hall–Kier alpha value is -2.17. The van der Waals surface area contributed by atoms with E-state index in [9.17, 15) is 14.4 Å². The van der Waals surface area contributed by atoms with Crippen LogP contribution in [0.5, 0.6) is 0 Å². The first-order valence-corrected chi connectivity index (χ1v) is 6.91. The van der Waals surface area contributed by atoms with Gasteiger partial charge in [-0.3, -0.25) is 19.3 Å². The van der Waals surface area contributed by atoms with E-state index in [1.165, 1.54) is 14.2 Å². The lowest BCUT2D eigenvalue weighted by atomic mass is 9.60. The second-order valence-electron chi connectivity index (χ2n) is 5.87. The van der Waals surface area contributed by atoms with Gasteiger partial charge in [0.05, 0.1) is 18.9 Å². The van der Waals surface area contributed by atoms with E-state index < -0.39 is 23.2 Å². The summed E-state index contributed by atoms with van der Waals surface area (Å²) in [6, 6.07) is 7.47. The van der Waals surface area contributed by atoms with Gasteiger partial charge < -0.3 is 4.74 Å². The van der Waals surface area contributed by atoms with Crippen molar-refractivity contribution in [2.24, 2.45) is 11.8 Å². The van der Waals surface area contributed by atoms with Crippen molar-refractivity contribution in [2.75, 3.05) is 14.2 Å². The number of carbonyl (C=O) groups excluding carboxylic acids is 3. The fraction of sp³-hybridized carbons (Fsp3) is 0.438. The van der Waals surface area contributed by atoms with E-state index in [1.54, 1.807) is 6.92 Å². The molecule has 1 heterocycles. The number of amides is 2. The topological polar surface area (TPSA) is 63.7 Å². The maximum absolute atomic E-state index is 12.5. The number of hydrogen-bond donors (Lipinski definition) is 0. The average Bonchev–Trinajstić information content (AvgIpc) is 2.71. The molecule has 1 aliphatic heterocycles. The molecule has 0 unspecified atom stereocenters. The van der Waals surface area contributed by atoms with Gasteiger partial charge >= 0.3 is 5.97 Å². The predicted octanol–water partition coefficient (Wildman–Crippen LogP) is 0.904. The molecule has 1 aromatic rings. The zero-order chi connectivity index (χ0) is 15.4. The Morgan fingerprint density at radius 1 is 1.29 bits per heavy atom. The summed E-state index contributed by atoms with van der Waals surface area (Å²) >= 11 is 0. The molecule has 0 aromatic heterocycles. The Morgan fingerprint density at radius 2 is 1.95 bits per heavy atom. The molecule has 110 valence electrons. The smallest absolute Gasteiger partial charge is 0.316 e. The third kappa shape index (κ3) is 1.60. The number of methoxy groups -OCH3 is 1. The van der Waals surface area contributed by atoms with E-state index in [-0.39, 0.29) is 11.8 Å². The fourth-order valence-electron chi connectivity index (χ4n) is 3.79. The zero-order valence-electron chi connectivity index (χ0n) is 12.3. The Morgan fingerprint density at radius 3 is 2.62 bits per heavy atom. The molecule has 3 rings (SSSR count). The lowest BCUT2D eigenvalue weighted by Gasteiger charge is -2.39. The summed E-state index contributed by atoms with van der Waals surface area (Å²) in [5.74, 6) is -2.15. The van der Waals surface area contributed by atoms with Crippen LogP contribution in [0.3, 0.4) is 0 Å². The van der Waals surface area contributed by atoms with E-state index in [0.717, 1.165) is 16.0 Å². The SMILES string of the molecule is COC(=O)[C@]1(C)c2ccccc2C[C@H]2C(=O)N(C)C(=O)[C@H]21. The van der Waals surface area contributed by atoms with Crippen molar-refractivity contribution in [2.45, 2.75) is 18.8 Å². The van der Waals surface area contributed by atoms with Crippen LogP contribution in [0.2, 0.25) is 0 Å². The van der Waals surface area contributed by atoms with E-state index >= 15 is 0 Å². The van der Waals surface area contributed by atoms with Gasteiger partial charge in [0, 0.05) is 7.05 Å². The van der Waals surface area contributed by atoms with Gasteiger partial charge in [-0.15, -0.1) is 0 Å². The molecule has 0 saturated carbocycles. The van der Waals surface area contributed by atoms with Gasteiger partial charge in [0.15, 0.2) is 0 Å². The summed E-state index contributed by atoms with van der Waals surface area (Å²) in [7, 11) is 2.79. The van der Waals surface area contributed by atoms with Crippen molar-refractivity contribution in [3.05, 3.63) is 35.4 Å². The van der Waals surface area contributed by atoms with E-state index in [0.29, 0.717) is 6.42 Å². The van der Waals surface area contributed by atoms with Gasteiger partial charge in [0.2, 0.25) is 11.8 Å². The molecule has 2 amide bonds. The van der Waals surface area contributed by atoms with E-state index in [2.05, 4.69) is 0 Å². The fourth-order valence-corrected chi connectivity index (χ4v) is 3.79. The molecule has 3 atom stereocenters. The van der Waals surface area contributed by atoms with Crippen LogP contribution in [0.4, 0.5) is 0 Å². The normalized spacial score (nSPS) is 30.9. The number of imide groups is 1. The maximum Gasteiger partial charge on any atom is 0.316 e. The molecule has 0 N–H and O–H groups in total. The summed E-state index contributed by atoms with van der Waals surface area (Å²) < 4.78 is 4.96. The molecule has 5 nitrogen and oxygen atoms in total. The molecule has 2 aliphatic rings. The lowest BCUT2D eigenvalue weighted by molar-refractivity contribution is -0.153. The van der Waals surface area contributed by atoms with Crippen molar-refractivity contribution in [1.82, 2.24) is 4.90 Å². The van der Waals surface area contributed by atoms with Crippen LogP contribution >= 0.6 is 0 Å². The monoisotopic (exact) mass is 287 g/mol. The van der Waals surface area contributed by atoms with Crippen LogP contribution in [-0.2, 0) is 31.0 Å². The quantitative estimate of drug-likeness (QED) is 0.569. The van der Waals surface area contributed by atoms with Crippen LogP contribution in [-0.4, -0.2) is 36.8 Å². The first kappa shape index (κ1) is 13.8. The molecule has 1 fully saturated rings. The summed E-state index contributed by atoms with van der Waals surface area (Å²) in [6.45, 7) is 1.71. The summed E-state index contributed by atoms with van der Waals surface area (Å²) in [5, 5.41) is 0. The highest BCUT2D eigenvalue weighted by atomic mass is 16.5. The number of fused-ring (bicyclic) bond motifs is 2. The minimum absolute atomic E-state index is 0.213. The molecule has 1 aromatic carbocycles. The molecule has 21 heavy (non-hydrogen) atoms. The number of ether oxygens (including phenoxy) is 1. The molecule has 1 saturated heterocycles. The highest BCUT2D eigenvalue weighted by Crippen LogP contribution is 2.49. The summed E-state index contributed by atoms with van der Waals surface area (Å²) in [4.78, 5) is 38.4. The minimum Gasteiger partial charge on any atom is -0.468 e. The highest BCUT2D eigenvalue weighted by Gasteiger charge is 2.61. The number of carbonyl (C=O) groups is 3. The van der Waals surface area contributed by atoms with Crippen LogP contribution in [0.25, 0.3) is 0 Å². The predicted molar refractivity (Wildman–Crippen MR) is 74.3 cm³/mol. The van der Waals surface area contributed by atoms with Gasteiger partial charge in [-0.2, -0.15) is 0 Å². The molecule has 5 heteroatoms. The Bertz CT molecular complexity index is 653. The summed E-state index contributed by atoms with van der Waals surface area (Å²) in [5.41, 5.74) is 0.601. The molecule has 1 aliphatic carbocycles. The van der Waals surface area contributed by atoms with E-state index in [1.807, 2.05) is 24.3 Å². The van der Waals surface area contributed by atoms with Gasteiger partial charge in [-0.05, 0) is 24.5 Å². The number of rotatable bonds is 1. The van der Waals surface area contributed by atoms with Crippen molar-refractivity contribution in [3.8, 4) is 0 Å². The van der Waals surface area contributed by atoms with Crippen LogP contribution in [0, 0.1) is 11.8 Å². The first-order chi connectivity index (χ1) is 9.92. The standard InChI is InChI=1S/C16H17NO4/c1-16(15(20)21-3)11-7-5-4-6-9(11)8-10-12(16)14(19)17(2)13(10)18/h4-7,10,12H,8H2,1-3H3/t10-,12+,16-/m1/s1. The van der Waals surface area contributed by atoms with Crippen molar-refractivity contribution >= 4 is 17.8 Å². The van der Waals surface area contributed by atoms with Crippen molar-refractivity contribution in [3.63, 3.8) is 0 Å². The number of nitrogens with zero attached hydrogens (tertiary/aromatic N) is 1. The van der Waals surface area contributed by atoms with Gasteiger partial charge in [-0.1, -0.05) is 24.3 Å². The third-order valence-corrected chi connectivity index (χ3v) is 4.89. The molecular weight excluding hydrogens is 270 g/mol. The van der Waals surface area contributed by atoms with E-state index in [4.69, 9.17) is 4.74 Å². The Balaban J connectivity index is 2.25. The van der Waals surface area contributed by atoms with Gasteiger partial charge in [-0.25, -0.2) is 0 Å². The second-order valence-corrected chi connectivity index (χ2v) is 5.87. The minimum atomic E-state index is -1.12. The number of esters is 1. The Labute approximate surface area is 122 Å². The highest BCUT2D eigenvalue weighted by molar-refractivity contribution is 6.09. The molecule has 0 spiro atoms. The first-order valence-electron chi connectivity index (χ1n) is 6.91. The molecule has 0 radical (unpaired) electrons. The summed E-state index contributed by atoms with van der Waals surface area (Å²) in [6.07, 6.45) is 0.488. The lowest BCUT2D eigenvalue weighted by Crippen LogP contribution is -2.50. The van der Waals surface area contributed by atoms with Crippen LogP contribution in [0.1, 0.15) is 18.1 Å². The second kappa shape index (κ2) is 4.41. The van der Waals surface area contributed by atoms with Crippen LogP contribution in [0.15, 0.2) is 24.3 Å². The zero-order valence-corrected chi connectivity index (χ0v) is 12.3. The van der Waals surface area contributed by atoms with Gasteiger partial charge in [0.1, 0.15) is 5.41 Å². The third-order valence-electron chi connectivity index (χ3n) is 4.89. The number of benzene rings is 1. The number of hydrogen-bond acceptors (Lipinski definition) is 4. The van der Waals surface area contributed by atoms with Crippen molar-refractivity contribution in [1.29, 1.82) is 0 Å². The molecular formula is C16H17NO4. The molecule has 0 bridgehead atoms. The maximum atomic E-state index is 12.5. The van der Waals surface area contributed by atoms with Crippen LogP contribution < -0.4 is 0 Å². The average molecular weight is 287 g/mol. The number of likely N-dealkylation sites (tertiary alicyclic amines) is 1. The Kier molecular flexibility index (Phi) is 2.90. The van der Waals surface area contributed by atoms with Gasteiger partial charge in [0.25, 0.3) is 0 Å². The largest absolute Gasteiger partial charge is 0.468 e.